The molecule has 174 valence electrons. The van der Waals surface area contributed by atoms with Crippen molar-refractivity contribution in [1.29, 1.82) is 0 Å². The molecule has 0 aliphatic carbocycles. The SMILES string of the molecule is CC(OC(=O)c1ccccc1-c1nc2ccccc2o1)C(=O)Nc1nc(-c2ccc(Br)cc2)cs1. The van der Waals surface area contributed by atoms with Gasteiger partial charge in [-0.2, -0.15) is 0 Å². The molecule has 1 N–H and O–H groups in total. The lowest BCUT2D eigenvalue weighted by Gasteiger charge is -2.13. The van der Waals surface area contributed by atoms with E-state index >= 15 is 0 Å². The van der Waals surface area contributed by atoms with Gasteiger partial charge >= 0.3 is 5.97 Å². The summed E-state index contributed by atoms with van der Waals surface area (Å²) >= 11 is 4.70. The van der Waals surface area contributed by atoms with Gasteiger partial charge in [0.25, 0.3) is 5.91 Å². The summed E-state index contributed by atoms with van der Waals surface area (Å²) in [5.41, 5.74) is 3.72. The van der Waals surface area contributed by atoms with E-state index in [4.69, 9.17) is 9.15 Å². The van der Waals surface area contributed by atoms with Crippen molar-refractivity contribution in [2.45, 2.75) is 13.0 Å². The van der Waals surface area contributed by atoms with Crippen LogP contribution in [-0.2, 0) is 9.53 Å². The van der Waals surface area contributed by atoms with Crippen LogP contribution in [0.2, 0.25) is 0 Å². The first-order chi connectivity index (χ1) is 17.0. The van der Waals surface area contributed by atoms with Crippen LogP contribution in [0.3, 0.4) is 0 Å². The summed E-state index contributed by atoms with van der Waals surface area (Å²) in [5.74, 6) is -0.825. The van der Waals surface area contributed by atoms with Crippen LogP contribution >= 0.6 is 27.3 Å². The fourth-order valence-electron chi connectivity index (χ4n) is 3.40. The van der Waals surface area contributed by atoms with Gasteiger partial charge in [-0.15, -0.1) is 11.3 Å². The number of halogens is 1. The summed E-state index contributed by atoms with van der Waals surface area (Å²) < 4.78 is 12.2. The molecule has 0 radical (unpaired) electrons. The predicted octanol–water partition coefficient (Wildman–Crippen LogP) is 6.56. The number of benzene rings is 3. The van der Waals surface area contributed by atoms with Crippen molar-refractivity contribution in [1.82, 2.24) is 9.97 Å². The molecule has 0 aliphatic heterocycles. The predicted molar refractivity (Wildman–Crippen MR) is 138 cm³/mol. The largest absolute Gasteiger partial charge is 0.449 e. The zero-order chi connectivity index (χ0) is 24.4. The van der Waals surface area contributed by atoms with Crippen molar-refractivity contribution in [2.24, 2.45) is 0 Å². The van der Waals surface area contributed by atoms with Gasteiger partial charge in [-0.25, -0.2) is 14.8 Å². The molecule has 35 heavy (non-hydrogen) atoms. The van der Waals surface area contributed by atoms with Gasteiger partial charge in [0.2, 0.25) is 5.89 Å². The zero-order valence-corrected chi connectivity index (χ0v) is 20.8. The molecule has 7 nitrogen and oxygen atoms in total. The number of para-hydroxylation sites is 2. The molecular weight excluding hydrogens is 530 g/mol. The van der Waals surface area contributed by atoms with Crippen LogP contribution in [0, 0.1) is 0 Å². The molecule has 0 aliphatic rings. The highest BCUT2D eigenvalue weighted by atomic mass is 79.9. The Hall–Kier alpha value is -3.82. The van der Waals surface area contributed by atoms with Crippen molar-refractivity contribution in [3.05, 3.63) is 88.2 Å². The first-order valence-corrected chi connectivity index (χ1v) is 12.3. The Morgan fingerprint density at radius 2 is 1.74 bits per heavy atom. The van der Waals surface area contributed by atoms with E-state index in [0.717, 1.165) is 15.7 Å². The second kappa shape index (κ2) is 9.81. The fraction of sp³-hybridized carbons (Fsp3) is 0.0769. The van der Waals surface area contributed by atoms with Crippen LogP contribution in [0.25, 0.3) is 33.8 Å². The number of nitrogens with one attached hydrogen (secondary N) is 1. The highest BCUT2D eigenvalue weighted by molar-refractivity contribution is 9.10. The topological polar surface area (TPSA) is 94.3 Å². The number of esters is 1. The van der Waals surface area contributed by atoms with Crippen LogP contribution in [0.4, 0.5) is 5.13 Å². The van der Waals surface area contributed by atoms with E-state index in [0.29, 0.717) is 27.7 Å². The molecule has 0 saturated heterocycles. The van der Waals surface area contributed by atoms with E-state index in [1.165, 1.54) is 18.3 Å². The molecular formula is C26H18BrN3O4S. The number of anilines is 1. The molecule has 2 aromatic heterocycles. The Balaban J connectivity index is 1.28. The van der Waals surface area contributed by atoms with Crippen molar-refractivity contribution < 1.29 is 18.7 Å². The summed E-state index contributed by atoms with van der Waals surface area (Å²) in [5, 5.41) is 4.99. The summed E-state index contributed by atoms with van der Waals surface area (Å²) in [4.78, 5) is 34.6. The number of aromatic nitrogens is 2. The van der Waals surface area contributed by atoms with Gasteiger partial charge in [-0.05, 0) is 43.3 Å². The van der Waals surface area contributed by atoms with Gasteiger partial charge in [0.15, 0.2) is 16.8 Å². The van der Waals surface area contributed by atoms with E-state index in [-0.39, 0.29) is 5.56 Å². The van der Waals surface area contributed by atoms with Gasteiger partial charge in [0.05, 0.1) is 16.8 Å². The Labute approximate surface area is 212 Å². The number of fused-ring (bicyclic) bond motifs is 1. The Morgan fingerprint density at radius 3 is 2.54 bits per heavy atom. The molecule has 0 spiro atoms. The second-order valence-electron chi connectivity index (χ2n) is 7.61. The lowest BCUT2D eigenvalue weighted by Crippen LogP contribution is -2.30. The number of nitrogens with zero attached hydrogens (tertiary/aromatic N) is 2. The maximum Gasteiger partial charge on any atom is 0.339 e. The van der Waals surface area contributed by atoms with E-state index in [2.05, 4.69) is 31.2 Å². The normalized spacial score (nSPS) is 11.8. The van der Waals surface area contributed by atoms with Crippen LogP contribution in [0.1, 0.15) is 17.3 Å². The van der Waals surface area contributed by atoms with Crippen molar-refractivity contribution in [2.75, 3.05) is 5.32 Å². The molecule has 0 bridgehead atoms. The number of thiazole rings is 1. The number of carbonyl (C=O) groups excluding carboxylic acids is 2. The van der Waals surface area contributed by atoms with E-state index in [9.17, 15) is 9.59 Å². The molecule has 0 saturated carbocycles. The number of hydrogen-bond acceptors (Lipinski definition) is 7. The minimum atomic E-state index is -1.04. The number of amides is 1. The van der Waals surface area contributed by atoms with Crippen molar-refractivity contribution in [3.8, 4) is 22.7 Å². The van der Waals surface area contributed by atoms with Crippen LogP contribution in [-0.4, -0.2) is 27.9 Å². The van der Waals surface area contributed by atoms with E-state index < -0.39 is 18.0 Å². The van der Waals surface area contributed by atoms with Crippen LogP contribution in [0.5, 0.6) is 0 Å². The molecule has 2 heterocycles. The number of oxazole rings is 1. The lowest BCUT2D eigenvalue weighted by atomic mass is 10.1. The standard InChI is InChI=1S/C26H18BrN3O4S/c1-15(23(31)30-26-29-21(14-35-26)16-10-12-17(27)13-11-16)33-25(32)19-7-3-2-6-18(19)24-28-20-8-4-5-9-22(20)34-24/h2-15H,1H3,(H,29,30,31). The first-order valence-electron chi connectivity index (χ1n) is 10.7. The molecule has 3 aromatic carbocycles. The van der Waals surface area contributed by atoms with Gasteiger partial charge < -0.3 is 9.15 Å². The molecule has 1 atom stereocenters. The maximum absolute atomic E-state index is 12.9. The highest BCUT2D eigenvalue weighted by Gasteiger charge is 2.23. The Morgan fingerprint density at radius 1 is 1.00 bits per heavy atom. The summed E-state index contributed by atoms with van der Waals surface area (Å²) in [6.07, 6.45) is -1.04. The summed E-state index contributed by atoms with van der Waals surface area (Å²) in [6, 6.07) is 21.9. The van der Waals surface area contributed by atoms with Gasteiger partial charge in [-0.1, -0.05) is 52.3 Å². The number of rotatable bonds is 6. The monoisotopic (exact) mass is 547 g/mol. The Kier molecular flexibility index (Phi) is 6.43. The first kappa shape index (κ1) is 22.9. The average molecular weight is 548 g/mol. The Bertz CT molecular complexity index is 1490. The van der Waals surface area contributed by atoms with Gasteiger partial charge in [0, 0.05) is 15.4 Å². The third-order valence-electron chi connectivity index (χ3n) is 5.20. The van der Waals surface area contributed by atoms with Crippen LogP contribution < -0.4 is 5.32 Å². The number of hydrogen-bond donors (Lipinski definition) is 1. The summed E-state index contributed by atoms with van der Waals surface area (Å²) in [7, 11) is 0. The smallest absolute Gasteiger partial charge is 0.339 e. The molecule has 1 amide bonds. The molecule has 5 aromatic rings. The quantitative estimate of drug-likeness (QED) is 0.242. The van der Waals surface area contributed by atoms with E-state index in [1.807, 2.05) is 47.8 Å². The number of carbonyl (C=O) groups is 2. The van der Waals surface area contributed by atoms with Crippen molar-refractivity contribution >= 4 is 55.4 Å². The minimum Gasteiger partial charge on any atom is -0.449 e. The van der Waals surface area contributed by atoms with Gasteiger partial charge in [-0.3, -0.25) is 10.1 Å². The fourth-order valence-corrected chi connectivity index (χ4v) is 4.39. The highest BCUT2D eigenvalue weighted by Crippen LogP contribution is 2.28. The zero-order valence-electron chi connectivity index (χ0n) is 18.4. The molecule has 0 fully saturated rings. The maximum atomic E-state index is 12.9. The lowest BCUT2D eigenvalue weighted by molar-refractivity contribution is -0.123. The third kappa shape index (κ3) is 5.01. The summed E-state index contributed by atoms with van der Waals surface area (Å²) in [6.45, 7) is 1.51. The molecule has 9 heteroatoms. The number of ether oxygens (including phenoxy) is 1. The minimum absolute atomic E-state index is 0.255. The second-order valence-corrected chi connectivity index (χ2v) is 9.39. The third-order valence-corrected chi connectivity index (χ3v) is 6.49. The van der Waals surface area contributed by atoms with Crippen molar-refractivity contribution in [3.63, 3.8) is 0 Å². The molecule has 5 rings (SSSR count). The molecule has 1 unspecified atom stereocenters. The van der Waals surface area contributed by atoms with Gasteiger partial charge in [0.1, 0.15) is 5.52 Å². The average Bonchev–Trinajstić information content (AvgIpc) is 3.51. The van der Waals surface area contributed by atoms with Crippen LogP contribution in [0.15, 0.2) is 87.1 Å². The van der Waals surface area contributed by atoms with E-state index in [1.54, 1.807) is 30.3 Å².